The molecule has 1 N–H and O–H groups in total. The van der Waals surface area contributed by atoms with Gasteiger partial charge in [-0.15, -0.1) is 0 Å². The molecule has 2 fully saturated rings. The molecule has 0 aromatic heterocycles. The number of rotatable bonds is 3. The Hall–Kier alpha value is -1.26. The van der Waals surface area contributed by atoms with Crippen molar-refractivity contribution < 1.29 is 4.79 Å². The lowest BCUT2D eigenvalue weighted by molar-refractivity contribution is -0.127. The molecule has 0 bridgehead atoms. The van der Waals surface area contributed by atoms with Crippen LogP contribution in [0.25, 0.3) is 0 Å². The number of hydrogen-bond donors (Lipinski definition) is 1. The van der Waals surface area contributed by atoms with E-state index in [1.165, 1.54) is 19.3 Å². The minimum absolute atomic E-state index is 0.0779. The van der Waals surface area contributed by atoms with Crippen LogP contribution in [0.1, 0.15) is 19.3 Å². The van der Waals surface area contributed by atoms with E-state index in [0.717, 1.165) is 30.9 Å². The largest absolute Gasteiger partial charge is 0.347 e. The summed E-state index contributed by atoms with van der Waals surface area (Å²) < 4.78 is 0. The van der Waals surface area contributed by atoms with E-state index < -0.39 is 0 Å². The average molecular weight is 252 g/mol. The first-order valence-corrected chi connectivity index (χ1v) is 6.77. The van der Waals surface area contributed by atoms with Crippen molar-refractivity contribution in [2.45, 2.75) is 19.3 Å². The Balaban J connectivity index is 1.80. The van der Waals surface area contributed by atoms with Crippen molar-refractivity contribution in [1.29, 1.82) is 0 Å². The topological polar surface area (TPSA) is 47.9 Å². The van der Waals surface area contributed by atoms with Gasteiger partial charge in [-0.2, -0.15) is 0 Å². The molecule has 0 aromatic carbocycles. The van der Waals surface area contributed by atoms with Crippen LogP contribution in [0.5, 0.6) is 0 Å². The van der Waals surface area contributed by atoms with Crippen LogP contribution in [0, 0.1) is 11.8 Å². The zero-order valence-corrected chi connectivity index (χ0v) is 11.6. The Kier molecular flexibility index (Phi) is 4.09. The van der Waals surface area contributed by atoms with Gasteiger partial charge in [-0.1, -0.05) is 0 Å². The van der Waals surface area contributed by atoms with Gasteiger partial charge in [0.1, 0.15) is 0 Å². The van der Waals surface area contributed by atoms with Gasteiger partial charge in [0, 0.05) is 34.2 Å². The standard InChI is InChI=1S/C13H24N4O/c1-14-13(15-8-12(18)16(2)3)17-7-6-11(9-17)10-4-5-10/h10-11H,4-9H2,1-3H3,(H,14,15). The highest BCUT2D eigenvalue weighted by Crippen LogP contribution is 2.41. The summed E-state index contributed by atoms with van der Waals surface area (Å²) in [7, 11) is 5.32. The summed E-state index contributed by atoms with van der Waals surface area (Å²) >= 11 is 0. The number of nitrogens with one attached hydrogen (secondary N) is 1. The van der Waals surface area contributed by atoms with Crippen molar-refractivity contribution in [3.63, 3.8) is 0 Å². The molecule has 5 nitrogen and oxygen atoms in total. The third kappa shape index (κ3) is 3.15. The summed E-state index contributed by atoms with van der Waals surface area (Å²) in [6.07, 6.45) is 4.08. The molecule has 5 heteroatoms. The molecule has 102 valence electrons. The number of amides is 1. The third-order valence-corrected chi connectivity index (χ3v) is 3.92. The number of hydrogen-bond acceptors (Lipinski definition) is 2. The Labute approximate surface area is 109 Å². The smallest absolute Gasteiger partial charge is 0.241 e. The molecular weight excluding hydrogens is 228 g/mol. The molecule has 1 aliphatic heterocycles. The lowest BCUT2D eigenvalue weighted by Crippen LogP contribution is -2.44. The molecule has 1 aliphatic carbocycles. The lowest BCUT2D eigenvalue weighted by atomic mass is 10.0. The second-order valence-corrected chi connectivity index (χ2v) is 5.52. The number of guanidine groups is 1. The number of nitrogens with zero attached hydrogens (tertiary/aromatic N) is 3. The highest BCUT2D eigenvalue weighted by molar-refractivity contribution is 5.86. The normalized spacial score (nSPS) is 24.3. The van der Waals surface area contributed by atoms with Crippen LogP contribution in [0.4, 0.5) is 0 Å². The minimum atomic E-state index is 0.0779. The van der Waals surface area contributed by atoms with E-state index in [2.05, 4.69) is 15.2 Å². The lowest BCUT2D eigenvalue weighted by Gasteiger charge is -2.22. The summed E-state index contributed by atoms with van der Waals surface area (Å²) in [6, 6.07) is 0. The number of likely N-dealkylation sites (tertiary alicyclic amines) is 1. The molecule has 0 aromatic rings. The quantitative estimate of drug-likeness (QED) is 0.583. The van der Waals surface area contributed by atoms with Crippen molar-refractivity contribution in [2.75, 3.05) is 40.8 Å². The van der Waals surface area contributed by atoms with Gasteiger partial charge in [0.15, 0.2) is 5.96 Å². The molecule has 0 radical (unpaired) electrons. The van der Waals surface area contributed by atoms with Crippen LogP contribution in [0.2, 0.25) is 0 Å². The van der Waals surface area contributed by atoms with Gasteiger partial charge in [-0.05, 0) is 31.1 Å². The second-order valence-electron chi connectivity index (χ2n) is 5.52. The van der Waals surface area contributed by atoms with Gasteiger partial charge < -0.3 is 15.1 Å². The predicted molar refractivity (Wildman–Crippen MR) is 72.5 cm³/mol. The summed E-state index contributed by atoms with van der Waals surface area (Å²) in [5.41, 5.74) is 0. The number of likely N-dealkylation sites (N-methyl/N-ethyl adjacent to an activating group) is 1. The molecule has 1 amide bonds. The zero-order chi connectivity index (χ0) is 13.1. The van der Waals surface area contributed by atoms with Crippen molar-refractivity contribution in [1.82, 2.24) is 15.1 Å². The summed E-state index contributed by atoms with van der Waals surface area (Å²) in [6.45, 7) is 2.49. The first kappa shape index (κ1) is 13.2. The molecular formula is C13H24N4O. The van der Waals surface area contributed by atoms with Crippen LogP contribution in [0.3, 0.4) is 0 Å². The maximum atomic E-state index is 11.6. The Bertz CT molecular complexity index is 336. The van der Waals surface area contributed by atoms with Gasteiger partial charge >= 0.3 is 0 Å². The van der Waals surface area contributed by atoms with Gasteiger partial charge in [-0.25, -0.2) is 0 Å². The molecule has 1 saturated heterocycles. The fourth-order valence-electron chi connectivity index (χ4n) is 2.58. The van der Waals surface area contributed by atoms with Crippen molar-refractivity contribution in [3.05, 3.63) is 0 Å². The summed E-state index contributed by atoms with van der Waals surface area (Å²) in [5, 5.41) is 3.16. The van der Waals surface area contributed by atoms with E-state index in [1.54, 1.807) is 26.0 Å². The van der Waals surface area contributed by atoms with Crippen molar-refractivity contribution in [3.8, 4) is 0 Å². The van der Waals surface area contributed by atoms with Crippen LogP contribution in [-0.2, 0) is 4.79 Å². The first-order chi connectivity index (χ1) is 8.61. The number of carbonyl (C=O) groups is 1. The SMILES string of the molecule is CN=C(NCC(=O)N(C)C)N1CCC(C2CC2)C1. The van der Waals surface area contributed by atoms with E-state index in [-0.39, 0.29) is 5.91 Å². The van der Waals surface area contributed by atoms with Crippen molar-refractivity contribution in [2.24, 2.45) is 16.8 Å². The molecule has 1 atom stereocenters. The monoisotopic (exact) mass is 252 g/mol. The van der Waals surface area contributed by atoms with E-state index >= 15 is 0 Å². The molecule has 1 saturated carbocycles. The number of aliphatic imine (C=N–C) groups is 1. The van der Waals surface area contributed by atoms with Crippen LogP contribution >= 0.6 is 0 Å². The minimum Gasteiger partial charge on any atom is -0.347 e. The molecule has 1 heterocycles. The van der Waals surface area contributed by atoms with Crippen LogP contribution < -0.4 is 5.32 Å². The Morgan fingerprint density at radius 1 is 1.33 bits per heavy atom. The van der Waals surface area contributed by atoms with Gasteiger partial charge in [0.25, 0.3) is 0 Å². The van der Waals surface area contributed by atoms with E-state index in [9.17, 15) is 4.79 Å². The molecule has 2 aliphatic rings. The molecule has 2 rings (SSSR count). The fourth-order valence-corrected chi connectivity index (χ4v) is 2.58. The van der Waals surface area contributed by atoms with Crippen LogP contribution in [-0.4, -0.2) is 62.4 Å². The maximum Gasteiger partial charge on any atom is 0.241 e. The summed E-state index contributed by atoms with van der Waals surface area (Å²) in [5.74, 6) is 2.74. The fraction of sp³-hybridized carbons (Fsp3) is 0.846. The van der Waals surface area contributed by atoms with Gasteiger partial charge in [-0.3, -0.25) is 9.79 Å². The molecule has 1 unspecified atom stereocenters. The molecule has 18 heavy (non-hydrogen) atoms. The van der Waals surface area contributed by atoms with Gasteiger partial charge in [0.05, 0.1) is 6.54 Å². The molecule has 0 spiro atoms. The van der Waals surface area contributed by atoms with E-state index in [4.69, 9.17) is 0 Å². The first-order valence-electron chi connectivity index (χ1n) is 6.77. The van der Waals surface area contributed by atoms with E-state index in [0.29, 0.717) is 6.54 Å². The van der Waals surface area contributed by atoms with Gasteiger partial charge in [0.2, 0.25) is 5.91 Å². The highest BCUT2D eigenvalue weighted by Gasteiger charge is 2.36. The Morgan fingerprint density at radius 3 is 2.61 bits per heavy atom. The maximum absolute atomic E-state index is 11.6. The highest BCUT2D eigenvalue weighted by atomic mass is 16.2. The number of carbonyl (C=O) groups excluding carboxylic acids is 1. The third-order valence-electron chi connectivity index (χ3n) is 3.92. The summed E-state index contributed by atoms with van der Waals surface area (Å²) in [4.78, 5) is 19.7. The van der Waals surface area contributed by atoms with Crippen molar-refractivity contribution >= 4 is 11.9 Å². The zero-order valence-electron chi connectivity index (χ0n) is 11.6. The van der Waals surface area contributed by atoms with Crippen LogP contribution in [0.15, 0.2) is 4.99 Å². The predicted octanol–water partition coefficient (Wildman–Crippen LogP) is 0.382. The second kappa shape index (κ2) is 5.59. The Morgan fingerprint density at radius 2 is 2.06 bits per heavy atom. The average Bonchev–Trinajstić information content (AvgIpc) is 3.09. The van der Waals surface area contributed by atoms with E-state index in [1.807, 2.05) is 0 Å².